The topological polar surface area (TPSA) is 60.2 Å². The van der Waals surface area contributed by atoms with Crippen molar-refractivity contribution in [2.75, 3.05) is 0 Å². The molecule has 0 radical (unpaired) electrons. The second-order valence-corrected chi connectivity index (χ2v) is 3.12. The highest BCUT2D eigenvalue weighted by Gasteiger charge is 2.17. The molecule has 4 nitrogen and oxygen atoms in total. The van der Waals surface area contributed by atoms with Crippen LogP contribution in [-0.2, 0) is 0 Å². The van der Waals surface area contributed by atoms with Gasteiger partial charge in [-0.2, -0.15) is 0 Å². The van der Waals surface area contributed by atoms with Crippen LogP contribution in [0, 0.1) is 10.1 Å². The van der Waals surface area contributed by atoms with Crippen LogP contribution in [0.15, 0.2) is 42.5 Å². The third kappa shape index (κ3) is 1.69. The Kier molecular flexibility index (Phi) is 2.17. The van der Waals surface area contributed by atoms with E-state index in [9.17, 15) is 14.9 Å². The van der Waals surface area contributed by atoms with Crippen LogP contribution < -0.4 is 0 Å². The van der Waals surface area contributed by atoms with E-state index in [1.807, 2.05) is 24.3 Å². The molecule has 2 rings (SSSR count). The van der Waals surface area contributed by atoms with Crippen LogP contribution in [0.3, 0.4) is 0 Å². The van der Waals surface area contributed by atoms with Gasteiger partial charge < -0.3 is 0 Å². The molecule has 0 aliphatic carbocycles. The standard InChI is InChI=1S/C11H7NO3/c13-11(12(14)15)10-6-5-8-3-1-2-4-9(8)7-10/h1-7H. The van der Waals surface area contributed by atoms with E-state index in [0.717, 1.165) is 10.8 Å². The van der Waals surface area contributed by atoms with Crippen molar-refractivity contribution >= 4 is 16.7 Å². The molecule has 0 N–H and O–H groups in total. The van der Waals surface area contributed by atoms with Crippen LogP contribution in [0.2, 0.25) is 0 Å². The van der Waals surface area contributed by atoms with Crippen molar-refractivity contribution in [3.63, 3.8) is 0 Å². The molecule has 2 aromatic carbocycles. The molecular formula is C11H7NO3. The van der Waals surface area contributed by atoms with Gasteiger partial charge in [0.15, 0.2) is 0 Å². The van der Waals surface area contributed by atoms with Gasteiger partial charge in [-0.3, -0.25) is 10.1 Å². The van der Waals surface area contributed by atoms with Crippen molar-refractivity contribution in [1.29, 1.82) is 0 Å². The van der Waals surface area contributed by atoms with Gasteiger partial charge in [-0.1, -0.05) is 30.3 Å². The molecule has 0 bridgehead atoms. The molecule has 0 aromatic heterocycles. The summed E-state index contributed by atoms with van der Waals surface area (Å²) < 4.78 is 0. The first-order chi connectivity index (χ1) is 7.18. The van der Waals surface area contributed by atoms with Crippen LogP contribution in [0.4, 0.5) is 0 Å². The lowest BCUT2D eigenvalue weighted by Crippen LogP contribution is -2.10. The molecule has 0 saturated heterocycles. The van der Waals surface area contributed by atoms with Gasteiger partial charge in [-0.05, 0) is 22.9 Å². The maximum Gasteiger partial charge on any atom is 0.476 e. The van der Waals surface area contributed by atoms with Crippen LogP contribution >= 0.6 is 0 Å². The first-order valence-electron chi connectivity index (χ1n) is 4.36. The molecule has 15 heavy (non-hydrogen) atoms. The summed E-state index contributed by atoms with van der Waals surface area (Å²) in [5.74, 6) is -1.07. The van der Waals surface area contributed by atoms with E-state index in [0.29, 0.717) is 0 Å². The largest absolute Gasteiger partial charge is 0.476 e. The lowest BCUT2D eigenvalue weighted by Gasteiger charge is -1.97. The zero-order valence-corrected chi connectivity index (χ0v) is 7.71. The molecule has 4 heteroatoms. The number of fused-ring (bicyclic) bond motifs is 1. The minimum absolute atomic E-state index is 0.110. The van der Waals surface area contributed by atoms with Gasteiger partial charge in [-0.15, -0.1) is 0 Å². The summed E-state index contributed by atoms with van der Waals surface area (Å²) in [6, 6.07) is 12.1. The minimum atomic E-state index is -1.07. The number of carbonyl (C=O) groups is 1. The number of hydrogen-bond donors (Lipinski definition) is 0. The average Bonchev–Trinajstić information content (AvgIpc) is 2.27. The van der Waals surface area contributed by atoms with Gasteiger partial charge in [0.05, 0.1) is 5.56 Å². The van der Waals surface area contributed by atoms with Crippen molar-refractivity contribution in [2.24, 2.45) is 0 Å². The predicted octanol–water partition coefficient (Wildman–Crippen LogP) is 2.26. The van der Waals surface area contributed by atoms with E-state index < -0.39 is 10.8 Å². The minimum Gasteiger partial charge on any atom is -0.255 e. The molecule has 2 aromatic rings. The summed E-state index contributed by atoms with van der Waals surface area (Å²) in [4.78, 5) is 20.5. The Morgan fingerprint density at radius 3 is 2.40 bits per heavy atom. The van der Waals surface area contributed by atoms with Crippen LogP contribution in [0.1, 0.15) is 10.4 Å². The lowest BCUT2D eigenvalue weighted by atomic mass is 10.1. The van der Waals surface area contributed by atoms with Crippen LogP contribution in [0.25, 0.3) is 10.8 Å². The first-order valence-corrected chi connectivity index (χ1v) is 4.36. The molecule has 0 unspecified atom stereocenters. The summed E-state index contributed by atoms with van der Waals surface area (Å²) >= 11 is 0. The SMILES string of the molecule is O=C(c1ccc2ccccc2c1)[N+](=O)[O-]. The summed E-state index contributed by atoms with van der Waals surface area (Å²) in [7, 11) is 0. The number of nitro groups is 1. The van der Waals surface area contributed by atoms with Crippen molar-refractivity contribution in [1.82, 2.24) is 0 Å². The number of benzene rings is 2. The zero-order valence-electron chi connectivity index (χ0n) is 7.71. The summed E-state index contributed by atoms with van der Waals surface area (Å²) in [6.07, 6.45) is 0. The summed E-state index contributed by atoms with van der Waals surface area (Å²) in [5.41, 5.74) is 0.110. The van der Waals surface area contributed by atoms with Gasteiger partial charge >= 0.3 is 5.91 Å². The molecule has 0 aliphatic heterocycles. The van der Waals surface area contributed by atoms with Gasteiger partial charge in [0.25, 0.3) is 0 Å². The number of amides is 1. The highest BCUT2D eigenvalue weighted by molar-refractivity contribution is 5.94. The van der Waals surface area contributed by atoms with E-state index in [-0.39, 0.29) is 5.56 Å². The molecule has 0 atom stereocenters. The fraction of sp³-hybridized carbons (Fsp3) is 0. The van der Waals surface area contributed by atoms with Crippen molar-refractivity contribution in [3.05, 3.63) is 58.1 Å². The average molecular weight is 201 g/mol. The quantitative estimate of drug-likeness (QED) is 0.525. The molecule has 0 saturated carbocycles. The number of rotatable bonds is 1. The van der Waals surface area contributed by atoms with Gasteiger partial charge in [0.1, 0.15) is 4.92 Å². The maximum absolute atomic E-state index is 11.1. The lowest BCUT2D eigenvalue weighted by molar-refractivity contribution is -0.375. The van der Waals surface area contributed by atoms with E-state index in [4.69, 9.17) is 0 Å². The van der Waals surface area contributed by atoms with E-state index in [2.05, 4.69) is 0 Å². The van der Waals surface area contributed by atoms with E-state index >= 15 is 0 Å². The number of carbonyl (C=O) groups excluding carboxylic acids is 1. The Hall–Kier alpha value is -2.23. The van der Waals surface area contributed by atoms with Gasteiger partial charge in [-0.25, -0.2) is 4.79 Å². The van der Waals surface area contributed by atoms with Crippen LogP contribution in [-0.4, -0.2) is 10.8 Å². The molecule has 74 valence electrons. The molecule has 0 aliphatic rings. The second-order valence-electron chi connectivity index (χ2n) is 3.12. The highest BCUT2D eigenvalue weighted by Crippen LogP contribution is 2.15. The molecular weight excluding hydrogens is 194 g/mol. The Bertz CT molecular complexity index is 548. The van der Waals surface area contributed by atoms with Crippen molar-refractivity contribution in [3.8, 4) is 0 Å². The Labute approximate surface area is 85.3 Å². The number of nitrogens with zero attached hydrogens (tertiary/aromatic N) is 1. The number of hydrogen-bond acceptors (Lipinski definition) is 3. The van der Waals surface area contributed by atoms with E-state index in [1.165, 1.54) is 12.1 Å². The Morgan fingerprint density at radius 1 is 1.07 bits per heavy atom. The first kappa shape index (κ1) is 9.33. The fourth-order valence-corrected chi connectivity index (χ4v) is 1.43. The normalized spacial score (nSPS) is 10.1. The van der Waals surface area contributed by atoms with Gasteiger partial charge in [0.2, 0.25) is 0 Å². The fourth-order valence-electron chi connectivity index (χ4n) is 1.43. The maximum atomic E-state index is 11.1. The highest BCUT2D eigenvalue weighted by atomic mass is 16.6. The Balaban J connectivity index is 2.56. The van der Waals surface area contributed by atoms with Gasteiger partial charge in [0, 0.05) is 0 Å². The molecule has 0 heterocycles. The third-order valence-corrected chi connectivity index (χ3v) is 2.16. The summed E-state index contributed by atoms with van der Waals surface area (Å²) in [6.45, 7) is 0. The molecule has 0 spiro atoms. The Morgan fingerprint density at radius 2 is 1.73 bits per heavy atom. The van der Waals surface area contributed by atoms with Crippen molar-refractivity contribution in [2.45, 2.75) is 0 Å². The van der Waals surface area contributed by atoms with Crippen LogP contribution in [0.5, 0.6) is 0 Å². The molecule has 0 fully saturated rings. The second kappa shape index (κ2) is 3.49. The van der Waals surface area contributed by atoms with E-state index in [1.54, 1.807) is 6.07 Å². The predicted molar refractivity (Wildman–Crippen MR) is 55.3 cm³/mol. The summed E-state index contributed by atoms with van der Waals surface area (Å²) in [5, 5.41) is 12.1. The monoisotopic (exact) mass is 201 g/mol. The zero-order chi connectivity index (χ0) is 10.8. The smallest absolute Gasteiger partial charge is 0.255 e. The third-order valence-electron chi connectivity index (χ3n) is 2.16. The van der Waals surface area contributed by atoms with Crippen molar-refractivity contribution < 1.29 is 9.72 Å². The molecule has 1 amide bonds.